The number of alkyl halides is 5. The quantitative estimate of drug-likeness (QED) is 0.332. The molecule has 0 saturated heterocycles. The molecule has 1 saturated carbocycles. The van der Waals surface area contributed by atoms with Gasteiger partial charge in [0.25, 0.3) is 6.43 Å². The Morgan fingerprint density at radius 3 is 2.66 bits per heavy atom. The van der Waals surface area contributed by atoms with Gasteiger partial charge >= 0.3 is 6.18 Å². The molecule has 38 heavy (non-hydrogen) atoms. The van der Waals surface area contributed by atoms with Crippen LogP contribution in [0.3, 0.4) is 0 Å². The Balaban J connectivity index is 1.37. The fourth-order valence-electron chi connectivity index (χ4n) is 4.76. The summed E-state index contributed by atoms with van der Waals surface area (Å²) in [5.41, 5.74) is 1.02. The molecule has 4 aromatic rings. The molecular formula is C24H26F5N9. The monoisotopic (exact) mass is 535 g/mol. The zero-order valence-corrected chi connectivity index (χ0v) is 20.7. The molecule has 5 rings (SSSR count). The van der Waals surface area contributed by atoms with Gasteiger partial charge in [0.1, 0.15) is 17.6 Å². The minimum atomic E-state index is -4.73. The van der Waals surface area contributed by atoms with Crippen LogP contribution in [0.1, 0.15) is 37.3 Å². The lowest BCUT2D eigenvalue weighted by Crippen LogP contribution is -2.29. The van der Waals surface area contributed by atoms with Gasteiger partial charge in [-0.15, -0.1) is 0 Å². The summed E-state index contributed by atoms with van der Waals surface area (Å²) >= 11 is 0. The van der Waals surface area contributed by atoms with E-state index in [1.807, 2.05) is 29.6 Å². The molecule has 2 atom stereocenters. The number of rotatable bonds is 7. The highest BCUT2D eigenvalue weighted by atomic mass is 19.4. The zero-order valence-electron chi connectivity index (χ0n) is 20.7. The summed E-state index contributed by atoms with van der Waals surface area (Å²) in [5, 5.41) is 6.93. The van der Waals surface area contributed by atoms with E-state index in [0.29, 0.717) is 12.6 Å². The first-order chi connectivity index (χ1) is 18.1. The number of aromatic nitrogens is 7. The molecule has 0 amide bonds. The molecule has 0 spiro atoms. The average molecular weight is 536 g/mol. The molecule has 9 nitrogen and oxygen atoms in total. The van der Waals surface area contributed by atoms with Gasteiger partial charge in [-0.2, -0.15) is 18.3 Å². The summed E-state index contributed by atoms with van der Waals surface area (Å²) in [6.45, 7) is -0.727. The maximum atomic E-state index is 13.7. The van der Waals surface area contributed by atoms with Gasteiger partial charge in [-0.1, -0.05) is 0 Å². The minimum absolute atomic E-state index is 0.0157. The predicted octanol–water partition coefficient (Wildman–Crippen LogP) is 5.03. The summed E-state index contributed by atoms with van der Waals surface area (Å²) in [6, 6.07) is 1.96. The van der Waals surface area contributed by atoms with Crippen LogP contribution in [-0.2, 0) is 12.7 Å². The van der Waals surface area contributed by atoms with Crippen LogP contribution in [-0.4, -0.2) is 60.8 Å². The number of fused-ring (bicyclic) bond motifs is 1. The SMILES string of the molecule is CN(C)c1cnc2c(c1)ncn2[C@H]1CCC[C@@H](Nc2ncc(C(F)(F)F)c(-c3cnn(CC(F)F)c3)n2)C1. The second-order valence-electron chi connectivity index (χ2n) is 9.54. The lowest BCUT2D eigenvalue weighted by atomic mass is 9.91. The molecule has 0 bridgehead atoms. The first-order valence-electron chi connectivity index (χ1n) is 12.1. The van der Waals surface area contributed by atoms with Crippen LogP contribution >= 0.6 is 0 Å². The van der Waals surface area contributed by atoms with E-state index in [4.69, 9.17) is 0 Å². The fourth-order valence-corrected chi connectivity index (χ4v) is 4.76. The third kappa shape index (κ3) is 5.38. The van der Waals surface area contributed by atoms with Gasteiger partial charge < -0.3 is 14.8 Å². The van der Waals surface area contributed by atoms with Gasteiger partial charge in [-0.25, -0.2) is 28.7 Å². The Morgan fingerprint density at radius 2 is 1.92 bits per heavy atom. The summed E-state index contributed by atoms with van der Waals surface area (Å²) in [7, 11) is 3.86. The Labute approximate surface area is 214 Å². The molecule has 14 heteroatoms. The molecule has 1 aliphatic rings. The van der Waals surface area contributed by atoms with Crippen molar-refractivity contribution in [3.05, 3.63) is 42.7 Å². The van der Waals surface area contributed by atoms with E-state index in [1.165, 1.54) is 0 Å². The molecule has 1 fully saturated rings. The zero-order chi connectivity index (χ0) is 27.0. The number of hydrogen-bond acceptors (Lipinski definition) is 7. The number of pyridine rings is 1. The molecule has 0 aromatic carbocycles. The lowest BCUT2D eigenvalue weighted by Gasteiger charge is -2.30. The van der Waals surface area contributed by atoms with Crippen molar-refractivity contribution >= 4 is 22.8 Å². The Hall–Kier alpha value is -3.84. The van der Waals surface area contributed by atoms with Crippen molar-refractivity contribution in [2.24, 2.45) is 0 Å². The predicted molar refractivity (Wildman–Crippen MR) is 131 cm³/mol. The molecular weight excluding hydrogens is 509 g/mol. The van der Waals surface area contributed by atoms with Crippen molar-refractivity contribution in [2.75, 3.05) is 24.3 Å². The van der Waals surface area contributed by atoms with Crippen LogP contribution in [0.15, 0.2) is 37.2 Å². The Morgan fingerprint density at radius 1 is 1.11 bits per heavy atom. The van der Waals surface area contributed by atoms with Crippen LogP contribution in [0, 0.1) is 0 Å². The highest BCUT2D eigenvalue weighted by Gasteiger charge is 2.36. The van der Waals surface area contributed by atoms with Crippen molar-refractivity contribution in [2.45, 2.75) is 56.9 Å². The Bertz CT molecular complexity index is 1410. The number of hydrogen-bond donors (Lipinski definition) is 1. The number of imidazole rings is 1. The number of nitrogens with zero attached hydrogens (tertiary/aromatic N) is 8. The molecule has 0 radical (unpaired) electrons. The van der Waals surface area contributed by atoms with Crippen molar-refractivity contribution in [1.82, 2.24) is 34.3 Å². The smallest absolute Gasteiger partial charge is 0.376 e. The minimum Gasteiger partial charge on any atom is -0.376 e. The molecule has 4 heterocycles. The van der Waals surface area contributed by atoms with Gasteiger partial charge in [0.05, 0.1) is 30.1 Å². The molecule has 1 aliphatic carbocycles. The second-order valence-corrected chi connectivity index (χ2v) is 9.54. The van der Waals surface area contributed by atoms with Gasteiger partial charge in [-0.3, -0.25) is 4.68 Å². The second kappa shape index (κ2) is 10.1. The molecule has 0 aliphatic heterocycles. The van der Waals surface area contributed by atoms with Crippen LogP contribution in [0.5, 0.6) is 0 Å². The topological polar surface area (TPSA) is 89.6 Å². The number of nitrogens with one attached hydrogen (secondary N) is 1. The highest BCUT2D eigenvalue weighted by molar-refractivity contribution is 5.75. The molecule has 1 N–H and O–H groups in total. The summed E-state index contributed by atoms with van der Waals surface area (Å²) < 4.78 is 69.4. The third-order valence-corrected chi connectivity index (χ3v) is 6.61. The van der Waals surface area contributed by atoms with Crippen molar-refractivity contribution in [3.8, 4) is 11.3 Å². The highest BCUT2D eigenvalue weighted by Crippen LogP contribution is 2.37. The van der Waals surface area contributed by atoms with Crippen LogP contribution in [0.2, 0.25) is 0 Å². The van der Waals surface area contributed by atoms with Crippen molar-refractivity contribution < 1.29 is 22.0 Å². The largest absolute Gasteiger partial charge is 0.419 e. The first-order valence-corrected chi connectivity index (χ1v) is 12.1. The van der Waals surface area contributed by atoms with E-state index in [0.717, 1.165) is 53.2 Å². The average Bonchev–Trinajstić information content (AvgIpc) is 3.50. The van der Waals surface area contributed by atoms with Crippen molar-refractivity contribution in [3.63, 3.8) is 0 Å². The van der Waals surface area contributed by atoms with Gasteiger partial charge in [-0.05, 0) is 31.7 Å². The fraction of sp³-hybridized carbons (Fsp3) is 0.458. The van der Waals surface area contributed by atoms with E-state index < -0.39 is 30.4 Å². The maximum Gasteiger partial charge on any atom is 0.419 e. The Kier molecular flexibility index (Phi) is 6.88. The number of anilines is 2. The molecule has 0 unspecified atom stereocenters. The third-order valence-electron chi connectivity index (χ3n) is 6.61. The van der Waals surface area contributed by atoms with E-state index in [9.17, 15) is 22.0 Å². The number of halogens is 5. The maximum absolute atomic E-state index is 13.7. The van der Waals surface area contributed by atoms with E-state index in [1.54, 1.807) is 12.5 Å². The van der Waals surface area contributed by atoms with Gasteiger partial charge in [0.15, 0.2) is 5.65 Å². The standard InChI is InChI=1S/C24H26F5N9/c1-36(2)17-7-19-22(30-9-17)38(13-32-19)16-5-3-4-15(6-16)34-23-31-10-18(24(27,28)29)21(35-23)14-8-33-37(11-14)12-20(25)26/h7-11,13,15-16,20H,3-6,12H2,1-2H3,(H,31,34,35)/t15-,16+/m1/s1. The van der Waals surface area contributed by atoms with E-state index in [-0.39, 0.29) is 23.6 Å². The normalized spacial score (nSPS) is 18.3. The summed E-state index contributed by atoms with van der Waals surface area (Å²) in [5.74, 6) is 0.0319. The van der Waals surface area contributed by atoms with Crippen molar-refractivity contribution in [1.29, 1.82) is 0 Å². The summed E-state index contributed by atoms with van der Waals surface area (Å²) in [6.07, 6.45) is 2.33. The van der Waals surface area contributed by atoms with Gasteiger partial charge in [0, 0.05) is 44.1 Å². The van der Waals surface area contributed by atoms with Crippen LogP contribution < -0.4 is 10.2 Å². The van der Waals surface area contributed by atoms with E-state index >= 15 is 0 Å². The lowest BCUT2D eigenvalue weighted by molar-refractivity contribution is -0.137. The van der Waals surface area contributed by atoms with Crippen LogP contribution in [0.25, 0.3) is 22.4 Å². The first kappa shape index (κ1) is 25.8. The van der Waals surface area contributed by atoms with Gasteiger partial charge in [0.2, 0.25) is 5.95 Å². The summed E-state index contributed by atoms with van der Waals surface area (Å²) in [4.78, 5) is 19.1. The molecule has 4 aromatic heterocycles. The molecule has 202 valence electrons. The van der Waals surface area contributed by atoms with Crippen LogP contribution in [0.4, 0.5) is 33.6 Å². The van der Waals surface area contributed by atoms with E-state index in [2.05, 4.69) is 30.4 Å².